The third-order valence-corrected chi connectivity index (χ3v) is 4.14. The van der Waals surface area contributed by atoms with E-state index < -0.39 is 30.1 Å². The second-order valence-electron chi connectivity index (χ2n) is 7.78. The van der Waals surface area contributed by atoms with Crippen LogP contribution in [0.25, 0.3) is 0 Å². The SMILES string of the molecule is CCOC(=O)[C@H]1O[C@@H]1C(=O)N[C@@H](CC(C)C)C(=O)NCCC(C)(C)CO. The Morgan fingerprint density at radius 2 is 1.88 bits per heavy atom. The Bertz CT molecular complexity index is 506. The van der Waals surface area contributed by atoms with Crippen LogP contribution in [0.15, 0.2) is 0 Å². The van der Waals surface area contributed by atoms with Crippen LogP contribution in [0.1, 0.15) is 47.5 Å². The summed E-state index contributed by atoms with van der Waals surface area (Å²) in [5.74, 6) is -1.14. The number of nitrogens with one attached hydrogen (secondary N) is 2. The summed E-state index contributed by atoms with van der Waals surface area (Å²) in [5.41, 5.74) is -0.279. The minimum absolute atomic E-state index is 0.0310. The van der Waals surface area contributed by atoms with Crippen LogP contribution < -0.4 is 10.6 Å². The fourth-order valence-electron chi connectivity index (χ4n) is 2.40. The number of hydrogen-bond donors (Lipinski definition) is 3. The van der Waals surface area contributed by atoms with E-state index in [1.165, 1.54) is 0 Å². The highest BCUT2D eigenvalue weighted by atomic mass is 16.6. The molecule has 1 rings (SSSR count). The van der Waals surface area contributed by atoms with Gasteiger partial charge in [-0.25, -0.2) is 4.79 Å². The lowest BCUT2D eigenvalue weighted by Crippen LogP contribution is -2.49. The molecule has 0 saturated carbocycles. The minimum Gasteiger partial charge on any atom is -0.464 e. The van der Waals surface area contributed by atoms with Gasteiger partial charge in [0.05, 0.1) is 6.61 Å². The summed E-state index contributed by atoms with van der Waals surface area (Å²) in [7, 11) is 0. The van der Waals surface area contributed by atoms with E-state index in [9.17, 15) is 19.5 Å². The van der Waals surface area contributed by atoms with Crippen LogP contribution in [0, 0.1) is 11.3 Å². The fourth-order valence-corrected chi connectivity index (χ4v) is 2.40. The molecule has 0 bridgehead atoms. The van der Waals surface area contributed by atoms with Crippen LogP contribution in [-0.2, 0) is 23.9 Å². The molecule has 8 heteroatoms. The molecule has 0 aromatic carbocycles. The van der Waals surface area contributed by atoms with E-state index in [4.69, 9.17) is 9.47 Å². The third-order valence-electron chi connectivity index (χ3n) is 4.14. The largest absolute Gasteiger partial charge is 0.464 e. The number of hydrogen-bond acceptors (Lipinski definition) is 6. The predicted octanol–water partition coefficient (Wildman–Crippen LogP) is 0.373. The Kier molecular flexibility index (Phi) is 8.49. The van der Waals surface area contributed by atoms with Gasteiger partial charge in [0.1, 0.15) is 6.04 Å². The summed E-state index contributed by atoms with van der Waals surface area (Å²) in [4.78, 5) is 36.2. The van der Waals surface area contributed by atoms with Crippen molar-refractivity contribution in [2.45, 2.75) is 65.7 Å². The number of carbonyl (C=O) groups is 3. The van der Waals surface area contributed by atoms with Gasteiger partial charge in [0, 0.05) is 13.2 Å². The van der Waals surface area contributed by atoms with E-state index in [0.717, 1.165) is 0 Å². The van der Waals surface area contributed by atoms with Crippen molar-refractivity contribution < 1.29 is 29.0 Å². The van der Waals surface area contributed by atoms with Crippen molar-refractivity contribution in [2.24, 2.45) is 11.3 Å². The quantitative estimate of drug-likeness (QED) is 0.356. The normalized spacial score (nSPS) is 20.4. The highest BCUT2D eigenvalue weighted by Crippen LogP contribution is 2.24. The fraction of sp³-hybridized carbons (Fsp3) is 0.833. The summed E-state index contributed by atoms with van der Waals surface area (Å²) in [6, 6.07) is -0.702. The van der Waals surface area contributed by atoms with Crippen LogP contribution in [-0.4, -0.2) is 60.9 Å². The van der Waals surface area contributed by atoms with Gasteiger partial charge in [0.15, 0.2) is 12.2 Å². The van der Waals surface area contributed by atoms with Crippen molar-refractivity contribution in [1.82, 2.24) is 10.6 Å². The molecule has 0 radical (unpaired) electrons. The third kappa shape index (κ3) is 7.29. The number of ether oxygens (including phenoxy) is 2. The molecule has 0 unspecified atom stereocenters. The first kappa shape index (κ1) is 22.4. The summed E-state index contributed by atoms with van der Waals surface area (Å²) in [5, 5.41) is 14.7. The molecule has 1 fully saturated rings. The molecule has 1 aliphatic rings. The highest BCUT2D eigenvalue weighted by Gasteiger charge is 2.52. The number of esters is 1. The standard InChI is InChI=1S/C18H32N2O6/c1-6-25-17(24)14-13(26-14)16(23)20-12(9-11(2)3)15(22)19-8-7-18(4,5)10-21/h11-14,21H,6-10H2,1-5H3,(H,19,22)(H,20,23)/t12-,13-,14-/m0/s1. The molecular formula is C18H32N2O6. The molecule has 1 aliphatic heterocycles. The van der Waals surface area contributed by atoms with E-state index in [-0.39, 0.29) is 30.5 Å². The number of aliphatic hydroxyl groups is 1. The lowest BCUT2D eigenvalue weighted by molar-refractivity contribution is -0.144. The molecule has 0 aromatic heterocycles. The van der Waals surface area contributed by atoms with E-state index in [0.29, 0.717) is 19.4 Å². The van der Waals surface area contributed by atoms with E-state index in [2.05, 4.69) is 10.6 Å². The Hall–Kier alpha value is -1.67. The summed E-state index contributed by atoms with van der Waals surface area (Å²) in [6.07, 6.45) is -0.695. The van der Waals surface area contributed by atoms with Gasteiger partial charge >= 0.3 is 5.97 Å². The number of rotatable bonds is 11. The van der Waals surface area contributed by atoms with Gasteiger partial charge in [-0.05, 0) is 31.1 Å². The van der Waals surface area contributed by atoms with Gasteiger partial charge in [0.25, 0.3) is 5.91 Å². The molecular weight excluding hydrogens is 340 g/mol. The van der Waals surface area contributed by atoms with Gasteiger partial charge in [-0.3, -0.25) is 9.59 Å². The van der Waals surface area contributed by atoms with E-state index in [1.54, 1.807) is 6.92 Å². The Balaban J connectivity index is 2.54. The van der Waals surface area contributed by atoms with Crippen molar-refractivity contribution in [3.63, 3.8) is 0 Å². The number of aliphatic hydroxyl groups excluding tert-OH is 1. The van der Waals surface area contributed by atoms with Crippen molar-refractivity contribution in [3.8, 4) is 0 Å². The Labute approximate surface area is 155 Å². The maximum atomic E-state index is 12.4. The lowest BCUT2D eigenvalue weighted by Gasteiger charge is -2.23. The topological polar surface area (TPSA) is 117 Å². The molecule has 150 valence electrons. The van der Waals surface area contributed by atoms with E-state index in [1.807, 2.05) is 27.7 Å². The molecule has 26 heavy (non-hydrogen) atoms. The zero-order valence-corrected chi connectivity index (χ0v) is 16.3. The molecule has 1 heterocycles. The smallest absolute Gasteiger partial charge is 0.338 e. The van der Waals surface area contributed by atoms with Crippen LogP contribution in [0.3, 0.4) is 0 Å². The maximum Gasteiger partial charge on any atom is 0.338 e. The highest BCUT2D eigenvalue weighted by molar-refractivity contribution is 5.95. The number of amides is 2. The predicted molar refractivity (Wildman–Crippen MR) is 95.2 cm³/mol. The molecule has 1 saturated heterocycles. The van der Waals surface area contributed by atoms with Crippen molar-refractivity contribution >= 4 is 17.8 Å². The first-order valence-electron chi connectivity index (χ1n) is 9.12. The number of epoxide rings is 1. The molecule has 0 aromatic rings. The molecule has 8 nitrogen and oxygen atoms in total. The van der Waals surface area contributed by atoms with E-state index >= 15 is 0 Å². The van der Waals surface area contributed by atoms with Crippen molar-refractivity contribution in [3.05, 3.63) is 0 Å². The zero-order valence-electron chi connectivity index (χ0n) is 16.3. The first-order chi connectivity index (χ1) is 12.1. The van der Waals surface area contributed by atoms with Crippen LogP contribution in [0.2, 0.25) is 0 Å². The Morgan fingerprint density at radius 1 is 1.23 bits per heavy atom. The zero-order chi connectivity index (χ0) is 19.9. The minimum atomic E-state index is -0.898. The monoisotopic (exact) mass is 372 g/mol. The number of carbonyl (C=O) groups excluding carboxylic acids is 3. The van der Waals surface area contributed by atoms with Crippen molar-refractivity contribution in [2.75, 3.05) is 19.8 Å². The van der Waals surface area contributed by atoms with Crippen molar-refractivity contribution in [1.29, 1.82) is 0 Å². The average Bonchev–Trinajstić information content (AvgIpc) is 3.34. The second kappa shape index (κ2) is 9.87. The molecule has 0 spiro atoms. The van der Waals surface area contributed by atoms with Gasteiger partial charge in [-0.2, -0.15) is 0 Å². The average molecular weight is 372 g/mol. The molecule has 2 amide bonds. The van der Waals surface area contributed by atoms with Crippen LogP contribution in [0.5, 0.6) is 0 Å². The van der Waals surface area contributed by atoms with Crippen LogP contribution in [0.4, 0.5) is 0 Å². The first-order valence-corrected chi connectivity index (χ1v) is 9.12. The van der Waals surface area contributed by atoms with Gasteiger partial charge in [-0.1, -0.05) is 27.7 Å². The molecule has 3 N–H and O–H groups in total. The summed E-state index contributed by atoms with van der Waals surface area (Å²) >= 11 is 0. The van der Waals surface area contributed by atoms with Crippen LogP contribution >= 0.6 is 0 Å². The molecule has 0 aliphatic carbocycles. The second-order valence-corrected chi connectivity index (χ2v) is 7.78. The Morgan fingerprint density at radius 3 is 2.42 bits per heavy atom. The summed E-state index contributed by atoms with van der Waals surface area (Å²) < 4.78 is 9.89. The lowest BCUT2D eigenvalue weighted by atomic mass is 9.90. The van der Waals surface area contributed by atoms with Gasteiger partial charge < -0.3 is 25.2 Å². The molecule has 3 atom stereocenters. The van der Waals surface area contributed by atoms with Gasteiger partial charge in [0.2, 0.25) is 5.91 Å². The maximum absolute atomic E-state index is 12.4. The summed E-state index contributed by atoms with van der Waals surface area (Å²) in [6.45, 7) is 10.1. The van der Waals surface area contributed by atoms with Gasteiger partial charge in [-0.15, -0.1) is 0 Å².